The monoisotopic (exact) mass is 233 g/mol. The van der Waals surface area contributed by atoms with Gasteiger partial charge in [-0.25, -0.2) is 9.67 Å². The second-order valence-corrected chi connectivity index (χ2v) is 3.68. The SMILES string of the molecule is CCCn1ncnc1COc1ccc(O)cc1. The molecule has 5 heteroatoms. The lowest BCUT2D eigenvalue weighted by Crippen LogP contribution is -2.08. The van der Waals surface area contributed by atoms with Crippen molar-refractivity contribution in [2.24, 2.45) is 0 Å². The Hall–Kier alpha value is -2.04. The molecular formula is C12H15N3O2. The molecule has 1 aromatic carbocycles. The van der Waals surface area contributed by atoms with Crippen molar-refractivity contribution in [3.63, 3.8) is 0 Å². The fourth-order valence-electron chi connectivity index (χ4n) is 1.49. The molecule has 0 spiro atoms. The van der Waals surface area contributed by atoms with Crippen LogP contribution in [-0.4, -0.2) is 19.9 Å². The molecule has 0 unspecified atom stereocenters. The zero-order chi connectivity index (χ0) is 12.1. The summed E-state index contributed by atoms with van der Waals surface area (Å²) in [6.07, 6.45) is 2.54. The van der Waals surface area contributed by atoms with Crippen LogP contribution in [0.3, 0.4) is 0 Å². The van der Waals surface area contributed by atoms with Gasteiger partial charge in [-0.3, -0.25) is 0 Å². The first kappa shape index (κ1) is 11.4. The first-order chi connectivity index (χ1) is 8.29. The van der Waals surface area contributed by atoms with Crippen molar-refractivity contribution in [3.05, 3.63) is 36.4 Å². The van der Waals surface area contributed by atoms with Crippen LogP contribution < -0.4 is 4.74 Å². The first-order valence-electron chi connectivity index (χ1n) is 5.58. The maximum Gasteiger partial charge on any atom is 0.164 e. The van der Waals surface area contributed by atoms with Gasteiger partial charge >= 0.3 is 0 Å². The highest BCUT2D eigenvalue weighted by molar-refractivity contribution is 5.30. The molecule has 0 atom stereocenters. The van der Waals surface area contributed by atoms with Crippen LogP contribution in [0.5, 0.6) is 11.5 Å². The van der Waals surface area contributed by atoms with Crippen LogP contribution in [0.1, 0.15) is 19.2 Å². The average molecular weight is 233 g/mol. The van der Waals surface area contributed by atoms with Gasteiger partial charge in [0.2, 0.25) is 0 Å². The molecular weight excluding hydrogens is 218 g/mol. The number of hydrogen-bond donors (Lipinski definition) is 1. The van der Waals surface area contributed by atoms with Crippen LogP contribution in [0.15, 0.2) is 30.6 Å². The van der Waals surface area contributed by atoms with Gasteiger partial charge < -0.3 is 9.84 Å². The van der Waals surface area contributed by atoms with Crippen molar-refractivity contribution >= 4 is 0 Å². The lowest BCUT2D eigenvalue weighted by atomic mass is 10.3. The summed E-state index contributed by atoms with van der Waals surface area (Å²) in [7, 11) is 0. The highest BCUT2D eigenvalue weighted by Gasteiger charge is 2.04. The lowest BCUT2D eigenvalue weighted by Gasteiger charge is -2.07. The number of hydrogen-bond acceptors (Lipinski definition) is 4. The van der Waals surface area contributed by atoms with Crippen molar-refractivity contribution in [1.82, 2.24) is 14.8 Å². The molecule has 0 saturated carbocycles. The predicted molar refractivity (Wildman–Crippen MR) is 62.8 cm³/mol. The largest absolute Gasteiger partial charge is 0.508 e. The summed E-state index contributed by atoms with van der Waals surface area (Å²) in [6, 6.07) is 6.62. The zero-order valence-corrected chi connectivity index (χ0v) is 9.71. The van der Waals surface area contributed by atoms with Gasteiger partial charge in [-0.15, -0.1) is 0 Å². The van der Waals surface area contributed by atoms with Crippen LogP contribution in [0.4, 0.5) is 0 Å². The van der Waals surface area contributed by atoms with Crippen molar-refractivity contribution in [2.75, 3.05) is 0 Å². The second kappa shape index (κ2) is 5.34. The van der Waals surface area contributed by atoms with Crippen LogP contribution in [0, 0.1) is 0 Å². The second-order valence-electron chi connectivity index (χ2n) is 3.68. The minimum absolute atomic E-state index is 0.228. The third-order valence-electron chi connectivity index (χ3n) is 2.34. The number of aryl methyl sites for hydroxylation is 1. The quantitative estimate of drug-likeness (QED) is 0.857. The van der Waals surface area contributed by atoms with E-state index in [0.717, 1.165) is 18.8 Å². The maximum atomic E-state index is 9.14. The third-order valence-corrected chi connectivity index (χ3v) is 2.34. The smallest absolute Gasteiger partial charge is 0.164 e. The van der Waals surface area contributed by atoms with Gasteiger partial charge in [0.15, 0.2) is 5.82 Å². The molecule has 1 N–H and O–H groups in total. The van der Waals surface area contributed by atoms with Gasteiger partial charge in [0.1, 0.15) is 24.4 Å². The standard InChI is InChI=1S/C12H15N3O2/c1-2-7-15-12(13-9-14-15)8-17-11-5-3-10(16)4-6-11/h3-6,9,16H,2,7-8H2,1H3. The number of benzene rings is 1. The van der Waals surface area contributed by atoms with E-state index in [0.29, 0.717) is 12.4 Å². The third kappa shape index (κ3) is 2.96. The molecule has 2 aromatic rings. The number of ether oxygens (including phenoxy) is 1. The molecule has 0 aliphatic heterocycles. The summed E-state index contributed by atoms with van der Waals surface area (Å²) in [5, 5.41) is 13.3. The summed E-state index contributed by atoms with van der Waals surface area (Å²) in [4.78, 5) is 4.14. The van der Waals surface area contributed by atoms with Gasteiger partial charge in [-0.05, 0) is 30.7 Å². The van der Waals surface area contributed by atoms with E-state index < -0.39 is 0 Å². The predicted octanol–water partition coefficient (Wildman–Crippen LogP) is 1.97. The van der Waals surface area contributed by atoms with Crippen molar-refractivity contribution in [3.8, 4) is 11.5 Å². The number of nitrogens with zero attached hydrogens (tertiary/aromatic N) is 3. The Bertz CT molecular complexity index is 465. The molecule has 5 nitrogen and oxygen atoms in total. The molecule has 0 aliphatic carbocycles. The highest BCUT2D eigenvalue weighted by atomic mass is 16.5. The summed E-state index contributed by atoms with van der Waals surface area (Å²) in [6.45, 7) is 3.31. The van der Waals surface area contributed by atoms with Crippen molar-refractivity contribution < 1.29 is 9.84 Å². The first-order valence-corrected chi connectivity index (χ1v) is 5.58. The van der Waals surface area contributed by atoms with Gasteiger partial charge in [-0.2, -0.15) is 5.10 Å². The van der Waals surface area contributed by atoms with E-state index in [-0.39, 0.29) is 5.75 Å². The van der Waals surface area contributed by atoms with E-state index >= 15 is 0 Å². The lowest BCUT2D eigenvalue weighted by molar-refractivity contribution is 0.285. The van der Waals surface area contributed by atoms with Crippen LogP contribution in [0.25, 0.3) is 0 Å². The average Bonchev–Trinajstić information content (AvgIpc) is 2.77. The Morgan fingerprint density at radius 2 is 2.06 bits per heavy atom. The number of phenolic OH excluding ortho intramolecular Hbond substituents is 1. The van der Waals surface area contributed by atoms with Gasteiger partial charge in [0.05, 0.1) is 0 Å². The summed E-state index contributed by atoms with van der Waals surface area (Å²) < 4.78 is 7.39. The molecule has 1 aromatic heterocycles. The molecule has 0 bridgehead atoms. The molecule has 0 aliphatic rings. The fraction of sp³-hybridized carbons (Fsp3) is 0.333. The molecule has 17 heavy (non-hydrogen) atoms. The number of aromatic nitrogens is 3. The van der Waals surface area contributed by atoms with E-state index in [9.17, 15) is 0 Å². The number of rotatable bonds is 5. The van der Waals surface area contributed by atoms with E-state index in [4.69, 9.17) is 9.84 Å². The molecule has 0 radical (unpaired) electrons. The molecule has 2 rings (SSSR count). The fourth-order valence-corrected chi connectivity index (χ4v) is 1.49. The van der Waals surface area contributed by atoms with E-state index in [1.54, 1.807) is 24.3 Å². The Kier molecular flexibility index (Phi) is 3.59. The van der Waals surface area contributed by atoms with Crippen LogP contribution >= 0.6 is 0 Å². The molecule has 0 fully saturated rings. The molecule has 1 heterocycles. The van der Waals surface area contributed by atoms with E-state index in [1.165, 1.54) is 6.33 Å². The van der Waals surface area contributed by atoms with Gasteiger partial charge in [-0.1, -0.05) is 6.92 Å². The Morgan fingerprint density at radius 3 is 2.76 bits per heavy atom. The number of aromatic hydroxyl groups is 1. The van der Waals surface area contributed by atoms with Crippen molar-refractivity contribution in [1.29, 1.82) is 0 Å². The topological polar surface area (TPSA) is 60.2 Å². The van der Waals surface area contributed by atoms with Gasteiger partial charge in [0.25, 0.3) is 0 Å². The molecule has 0 saturated heterocycles. The van der Waals surface area contributed by atoms with Crippen molar-refractivity contribution in [2.45, 2.75) is 26.5 Å². The normalized spacial score (nSPS) is 10.4. The summed E-state index contributed by atoms with van der Waals surface area (Å²) in [5.74, 6) is 1.74. The zero-order valence-electron chi connectivity index (χ0n) is 9.71. The molecule has 0 amide bonds. The summed E-state index contributed by atoms with van der Waals surface area (Å²) in [5.41, 5.74) is 0. The highest BCUT2D eigenvalue weighted by Crippen LogP contribution is 2.16. The van der Waals surface area contributed by atoms with Gasteiger partial charge in [0, 0.05) is 6.54 Å². The maximum absolute atomic E-state index is 9.14. The minimum Gasteiger partial charge on any atom is -0.508 e. The van der Waals surface area contributed by atoms with Crippen LogP contribution in [-0.2, 0) is 13.2 Å². The minimum atomic E-state index is 0.228. The Balaban J connectivity index is 1.97. The molecule has 90 valence electrons. The summed E-state index contributed by atoms with van der Waals surface area (Å²) >= 11 is 0. The Labute approximate surface area is 99.7 Å². The van der Waals surface area contributed by atoms with E-state index in [2.05, 4.69) is 17.0 Å². The van der Waals surface area contributed by atoms with E-state index in [1.807, 2.05) is 4.68 Å². The Morgan fingerprint density at radius 1 is 1.29 bits per heavy atom. The number of phenols is 1. The van der Waals surface area contributed by atoms with Crippen LogP contribution in [0.2, 0.25) is 0 Å².